The summed E-state index contributed by atoms with van der Waals surface area (Å²) in [6.45, 7) is 1.55. The maximum Gasteiger partial charge on any atom is 0.301 e. The Hall–Kier alpha value is -3.29. The zero-order valence-corrected chi connectivity index (χ0v) is 12.4. The van der Waals surface area contributed by atoms with E-state index in [1.165, 1.54) is 24.7 Å². The minimum Gasteiger partial charge on any atom is -0.432 e. The number of hydrogen-bond donors (Lipinski definition) is 1. The molecule has 1 aromatic carbocycles. The van der Waals surface area contributed by atoms with Crippen LogP contribution in [0.4, 0.5) is 14.8 Å². The highest BCUT2D eigenvalue weighted by molar-refractivity contribution is 6.03. The van der Waals surface area contributed by atoms with Gasteiger partial charge in [-0.25, -0.2) is 13.8 Å². The summed E-state index contributed by atoms with van der Waals surface area (Å²) in [6, 6.07) is 4.10. The highest BCUT2D eigenvalue weighted by Crippen LogP contribution is 2.15. The molecule has 6 nitrogen and oxygen atoms in total. The Bertz CT molecular complexity index is 965. The third-order valence-corrected chi connectivity index (χ3v) is 3.35. The van der Waals surface area contributed by atoms with Gasteiger partial charge in [0, 0.05) is 12.3 Å². The third kappa shape index (κ3) is 2.81. The molecule has 24 heavy (non-hydrogen) atoms. The standard InChI is InChI=1S/C16H11F2N3O3/c1-9-4-6-21(12-8-10(17)2-3-11(12)18)15(23)13(9)14(22)20-16-19-5-7-24-16/h2-8H,1H3,(H,19,20,22). The first-order chi connectivity index (χ1) is 11.5. The van der Waals surface area contributed by atoms with Crippen LogP contribution in [0.1, 0.15) is 15.9 Å². The Labute approximate surface area is 134 Å². The number of anilines is 1. The zero-order chi connectivity index (χ0) is 17.3. The fourth-order valence-corrected chi connectivity index (χ4v) is 2.21. The van der Waals surface area contributed by atoms with E-state index in [-0.39, 0.29) is 17.3 Å². The second-order valence-corrected chi connectivity index (χ2v) is 4.94. The van der Waals surface area contributed by atoms with Gasteiger partial charge in [-0.2, -0.15) is 0 Å². The zero-order valence-electron chi connectivity index (χ0n) is 12.4. The Kier molecular flexibility index (Phi) is 3.95. The molecule has 1 amide bonds. The summed E-state index contributed by atoms with van der Waals surface area (Å²) in [7, 11) is 0. The third-order valence-electron chi connectivity index (χ3n) is 3.35. The molecule has 0 unspecified atom stereocenters. The van der Waals surface area contributed by atoms with Crippen molar-refractivity contribution in [3.63, 3.8) is 0 Å². The summed E-state index contributed by atoms with van der Waals surface area (Å²) in [6.07, 6.45) is 3.86. The quantitative estimate of drug-likeness (QED) is 0.800. The molecule has 0 atom stereocenters. The topological polar surface area (TPSA) is 77.1 Å². The van der Waals surface area contributed by atoms with Crippen LogP contribution in [-0.4, -0.2) is 15.5 Å². The van der Waals surface area contributed by atoms with Crippen molar-refractivity contribution in [3.05, 3.63) is 76.0 Å². The van der Waals surface area contributed by atoms with Gasteiger partial charge in [-0.15, -0.1) is 0 Å². The van der Waals surface area contributed by atoms with Crippen LogP contribution in [0.15, 0.2) is 52.1 Å². The van der Waals surface area contributed by atoms with Crippen LogP contribution in [0.5, 0.6) is 0 Å². The molecule has 3 rings (SSSR count). The van der Waals surface area contributed by atoms with E-state index in [1.807, 2.05) is 0 Å². The molecule has 0 spiro atoms. The van der Waals surface area contributed by atoms with Crippen LogP contribution >= 0.6 is 0 Å². The van der Waals surface area contributed by atoms with Gasteiger partial charge in [0.1, 0.15) is 23.5 Å². The number of aromatic nitrogens is 2. The predicted molar refractivity (Wildman–Crippen MR) is 81.1 cm³/mol. The van der Waals surface area contributed by atoms with Gasteiger partial charge in [0.2, 0.25) is 0 Å². The van der Waals surface area contributed by atoms with Gasteiger partial charge in [-0.3, -0.25) is 19.5 Å². The summed E-state index contributed by atoms with van der Waals surface area (Å²) in [5, 5.41) is 2.33. The number of amides is 1. The number of nitrogens with zero attached hydrogens (tertiary/aromatic N) is 2. The van der Waals surface area contributed by atoms with Crippen LogP contribution in [0.2, 0.25) is 0 Å². The molecule has 0 radical (unpaired) electrons. The smallest absolute Gasteiger partial charge is 0.301 e. The highest BCUT2D eigenvalue weighted by atomic mass is 19.1. The van der Waals surface area contributed by atoms with E-state index < -0.39 is 23.1 Å². The van der Waals surface area contributed by atoms with E-state index in [4.69, 9.17) is 4.42 Å². The summed E-state index contributed by atoms with van der Waals surface area (Å²) in [5.74, 6) is -2.25. The van der Waals surface area contributed by atoms with E-state index in [0.29, 0.717) is 5.56 Å². The average Bonchev–Trinajstić information content (AvgIpc) is 3.03. The Morgan fingerprint density at radius 3 is 2.79 bits per heavy atom. The number of oxazole rings is 1. The lowest BCUT2D eigenvalue weighted by molar-refractivity contribution is 0.102. The van der Waals surface area contributed by atoms with Crippen LogP contribution in [0, 0.1) is 18.6 Å². The highest BCUT2D eigenvalue weighted by Gasteiger charge is 2.19. The monoisotopic (exact) mass is 331 g/mol. The summed E-state index contributed by atoms with van der Waals surface area (Å²) in [5.41, 5.74) is -0.926. The first-order valence-electron chi connectivity index (χ1n) is 6.86. The molecule has 0 aliphatic heterocycles. The number of carbonyl (C=O) groups is 1. The number of pyridine rings is 1. The minimum absolute atomic E-state index is 0.0776. The van der Waals surface area contributed by atoms with Crippen molar-refractivity contribution in [3.8, 4) is 5.69 Å². The fourth-order valence-electron chi connectivity index (χ4n) is 2.21. The molecular weight excluding hydrogens is 320 g/mol. The van der Waals surface area contributed by atoms with Gasteiger partial charge >= 0.3 is 6.01 Å². The molecule has 0 aliphatic carbocycles. The van der Waals surface area contributed by atoms with E-state index in [2.05, 4.69) is 10.3 Å². The molecule has 2 aromatic heterocycles. The Balaban J connectivity index is 2.10. The van der Waals surface area contributed by atoms with Gasteiger partial charge < -0.3 is 4.42 Å². The lowest BCUT2D eigenvalue weighted by Crippen LogP contribution is -2.29. The maximum atomic E-state index is 13.9. The van der Waals surface area contributed by atoms with Crippen LogP contribution in [0.25, 0.3) is 5.69 Å². The molecule has 2 heterocycles. The number of benzene rings is 1. The lowest BCUT2D eigenvalue weighted by atomic mass is 10.1. The van der Waals surface area contributed by atoms with Crippen LogP contribution in [0.3, 0.4) is 0 Å². The van der Waals surface area contributed by atoms with Crippen molar-refractivity contribution in [2.75, 3.05) is 5.32 Å². The molecule has 1 N–H and O–H groups in total. The molecular formula is C16H11F2N3O3. The molecule has 0 aliphatic rings. The first-order valence-corrected chi connectivity index (χ1v) is 6.86. The SMILES string of the molecule is Cc1ccn(-c2cc(F)ccc2F)c(=O)c1C(=O)Nc1ncco1. The van der Waals surface area contributed by atoms with Gasteiger partial charge in [0.15, 0.2) is 0 Å². The predicted octanol–water partition coefficient (Wildman–Crippen LogP) is 2.66. The number of nitrogens with one attached hydrogen (secondary N) is 1. The maximum absolute atomic E-state index is 13.9. The van der Waals surface area contributed by atoms with Crippen molar-refractivity contribution < 1.29 is 18.0 Å². The number of halogens is 2. The fraction of sp³-hybridized carbons (Fsp3) is 0.0625. The van der Waals surface area contributed by atoms with Crippen LogP contribution in [-0.2, 0) is 0 Å². The average molecular weight is 331 g/mol. The van der Waals surface area contributed by atoms with Crippen molar-refractivity contribution in [2.45, 2.75) is 6.92 Å². The van der Waals surface area contributed by atoms with Gasteiger partial charge in [0.25, 0.3) is 11.5 Å². The number of aryl methyl sites for hydroxylation is 1. The largest absolute Gasteiger partial charge is 0.432 e. The molecule has 3 aromatic rings. The van der Waals surface area contributed by atoms with Crippen molar-refractivity contribution >= 4 is 11.9 Å². The minimum atomic E-state index is -0.790. The van der Waals surface area contributed by atoms with E-state index in [1.54, 1.807) is 6.92 Å². The molecule has 0 bridgehead atoms. The normalized spacial score (nSPS) is 10.6. The number of rotatable bonds is 3. The van der Waals surface area contributed by atoms with Crippen LogP contribution < -0.4 is 10.9 Å². The second-order valence-electron chi connectivity index (χ2n) is 4.94. The van der Waals surface area contributed by atoms with Gasteiger partial charge in [-0.05, 0) is 30.7 Å². The summed E-state index contributed by atoms with van der Waals surface area (Å²) >= 11 is 0. The van der Waals surface area contributed by atoms with E-state index in [9.17, 15) is 18.4 Å². The molecule has 0 fully saturated rings. The number of hydrogen-bond acceptors (Lipinski definition) is 4. The van der Waals surface area contributed by atoms with Gasteiger partial charge in [-0.1, -0.05) is 0 Å². The molecule has 0 saturated carbocycles. The second kappa shape index (κ2) is 6.07. The summed E-state index contributed by atoms with van der Waals surface area (Å²) in [4.78, 5) is 28.6. The lowest BCUT2D eigenvalue weighted by Gasteiger charge is -2.11. The van der Waals surface area contributed by atoms with Gasteiger partial charge in [0.05, 0.1) is 11.9 Å². The molecule has 0 saturated heterocycles. The Morgan fingerprint density at radius 2 is 2.08 bits per heavy atom. The van der Waals surface area contributed by atoms with E-state index >= 15 is 0 Å². The van der Waals surface area contributed by atoms with Crippen molar-refractivity contribution in [1.29, 1.82) is 0 Å². The number of carbonyl (C=O) groups excluding carboxylic acids is 1. The first kappa shape index (κ1) is 15.6. The molecule has 122 valence electrons. The summed E-state index contributed by atoms with van der Waals surface area (Å²) < 4.78 is 33.1. The molecule has 8 heteroatoms. The van der Waals surface area contributed by atoms with E-state index in [0.717, 1.165) is 22.8 Å². The van der Waals surface area contributed by atoms with Crippen molar-refractivity contribution in [1.82, 2.24) is 9.55 Å². The van der Waals surface area contributed by atoms with Crippen molar-refractivity contribution in [2.24, 2.45) is 0 Å². The Morgan fingerprint density at radius 1 is 1.29 bits per heavy atom.